The quantitative estimate of drug-likeness (QED) is 0.536. The van der Waals surface area contributed by atoms with E-state index in [-0.39, 0.29) is 23.6 Å². The van der Waals surface area contributed by atoms with Crippen molar-refractivity contribution >= 4 is 5.78 Å². The maximum Gasteiger partial charge on any atom is 0.417 e. The zero-order valence-electron chi connectivity index (χ0n) is 14.3. The van der Waals surface area contributed by atoms with Gasteiger partial charge in [0.05, 0.1) is 24.4 Å². The normalized spacial score (nSPS) is 12.0. The Morgan fingerprint density at radius 2 is 2.07 bits per heavy atom. The van der Waals surface area contributed by atoms with Crippen LogP contribution in [-0.2, 0) is 6.18 Å². The molecule has 5 nitrogen and oxygen atoms in total. The average Bonchev–Trinajstić information content (AvgIpc) is 2.66. The number of carbonyl (C=O) groups excluding carboxylic acids is 1. The third-order valence-corrected chi connectivity index (χ3v) is 3.61. The maximum atomic E-state index is 12.7. The van der Waals surface area contributed by atoms with Crippen LogP contribution in [0.1, 0.15) is 27.5 Å². The highest BCUT2D eigenvalue weighted by Gasteiger charge is 2.32. The van der Waals surface area contributed by atoms with Crippen LogP contribution in [0.25, 0.3) is 0 Å². The van der Waals surface area contributed by atoms with E-state index >= 15 is 0 Å². The highest BCUT2D eigenvalue weighted by atomic mass is 19.4. The van der Waals surface area contributed by atoms with E-state index < -0.39 is 23.4 Å². The lowest BCUT2D eigenvalue weighted by Gasteiger charge is -2.13. The van der Waals surface area contributed by atoms with E-state index in [2.05, 4.69) is 11.6 Å². The number of ether oxygens (including phenoxy) is 2. The molecule has 140 valence electrons. The summed E-state index contributed by atoms with van der Waals surface area (Å²) in [6.07, 6.45) is -2.41. The first-order valence-corrected chi connectivity index (χ1v) is 7.70. The molecule has 1 heterocycles. The Kier molecular flexibility index (Phi) is 6.19. The van der Waals surface area contributed by atoms with Gasteiger partial charge in [-0.05, 0) is 30.3 Å². The SMILES string of the molecule is C=CCOc1ccc(C(=O)C(C#N)c2ccc(C(F)(F)F)cn2)cc1OC. The Labute approximate surface area is 153 Å². The third-order valence-electron chi connectivity index (χ3n) is 3.61. The van der Waals surface area contributed by atoms with Crippen molar-refractivity contribution < 1.29 is 27.4 Å². The molecule has 1 aromatic carbocycles. The lowest BCUT2D eigenvalue weighted by atomic mass is 9.95. The summed E-state index contributed by atoms with van der Waals surface area (Å²) in [5.74, 6) is -1.30. The minimum Gasteiger partial charge on any atom is -0.493 e. The summed E-state index contributed by atoms with van der Waals surface area (Å²) in [6, 6.07) is 7.93. The highest BCUT2D eigenvalue weighted by Crippen LogP contribution is 2.32. The topological polar surface area (TPSA) is 72.2 Å². The molecule has 0 aliphatic rings. The van der Waals surface area contributed by atoms with Crippen molar-refractivity contribution in [2.75, 3.05) is 13.7 Å². The number of methoxy groups -OCH3 is 1. The number of pyridine rings is 1. The van der Waals surface area contributed by atoms with Crippen LogP contribution in [0, 0.1) is 11.3 Å². The first-order chi connectivity index (χ1) is 12.8. The van der Waals surface area contributed by atoms with Crippen LogP contribution in [-0.4, -0.2) is 24.5 Å². The molecule has 0 aliphatic carbocycles. The standard InChI is InChI=1S/C19H15F3N2O3/c1-3-8-27-16-7-4-12(9-17(16)26-2)18(25)14(10-23)15-6-5-13(11-24-15)19(20,21)22/h3-7,9,11,14H,1,8H2,2H3. The van der Waals surface area contributed by atoms with Gasteiger partial charge in [-0.1, -0.05) is 12.7 Å². The first kappa shape index (κ1) is 20.0. The second-order valence-corrected chi connectivity index (χ2v) is 5.36. The summed E-state index contributed by atoms with van der Waals surface area (Å²) in [4.78, 5) is 16.3. The highest BCUT2D eigenvalue weighted by molar-refractivity contribution is 6.03. The summed E-state index contributed by atoms with van der Waals surface area (Å²) in [6.45, 7) is 3.77. The molecule has 0 fully saturated rings. The molecule has 0 spiro atoms. The Morgan fingerprint density at radius 1 is 1.33 bits per heavy atom. The number of Topliss-reactive ketones (excluding diaryl/α,β-unsaturated/α-hetero) is 1. The van der Waals surface area contributed by atoms with Gasteiger partial charge in [0.15, 0.2) is 23.2 Å². The predicted octanol–water partition coefficient (Wildman–Crippen LogP) is 4.16. The maximum absolute atomic E-state index is 12.7. The van der Waals surface area contributed by atoms with Gasteiger partial charge in [0, 0.05) is 11.8 Å². The minimum absolute atomic E-state index is 0.0681. The number of hydrogen-bond donors (Lipinski definition) is 0. The van der Waals surface area contributed by atoms with Gasteiger partial charge in [0.2, 0.25) is 0 Å². The smallest absolute Gasteiger partial charge is 0.417 e. The molecule has 0 amide bonds. The number of alkyl halides is 3. The number of hydrogen-bond acceptors (Lipinski definition) is 5. The van der Waals surface area contributed by atoms with E-state index in [4.69, 9.17) is 9.47 Å². The fourth-order valence-corrected chi connectivity index (χ4v) is 2.26. The monoisotopic (exact) mass is 376 g/mol. The molecule has 0 bridgehead atoms. The molecule has 2 rings (SSSR count). The van der Waals surface area contributed by atoms with Crippen LogP contribution in [0.15, 0.2) is 49.2 Å². The lowest BCUT2D eigenvalue weighted by molar-refractivity contribution is -0.137. The zero-order chi connectivity index (χ0) is 20.0. The number of nitriles is 1. The van der Waals surface area contributed by atoms with Gasteiger partial charge in [-0.3, -0.25) is 9.78 Å². The summed E-state index contributed by atoms with van der Waals surface area (Å²) in [5.41, 5.74) is -0.881. The molecule has 0 N–H and O–H groups in total. The van der Waals surface area contributed by atoms with E-state index in [0.717, 1.165) is 12.1 Å². The fourth-order valence-electron chi connectivity index (χ4n) is 2.26. The van der Waals surface area contributed by atoms with Crippen LogP contribution < -0.4 is 9.47 Å². The third kappa shape index (κ3) is 4.64. The van der Waals surface area contributed by atoms with Crippen molar-refractivity contribution in [2.45, 2.75) is 12.1 Å². The molecule has 0 aliphatic heterocycles. The van der Waals surface area contributed by atoms with E-state index in [9.17, 15) is 23.2 Å². The van der Waals surface area contributed by atoms with E-state index in [0.29, 0.717) is 11.9 Å². The molecule has 8 heteroatoms. The van der Waals surface area contributed by atoms with Crippen LogP contribution in [0.2, 0.25) is 0 Å². The van der Waals surface area contributed by atoms with Crippen molar-refractivity contribution in [3.63, 3.8) is 0 Å². The van der Waals surface area contributed by atoms with Crippen LogP contribution in [0.5, 0.6) is 11.5 Å². The summed E-state index contributed by atoms with van der Waals surface area (Å²) >= 11 is 0. The Bertz CT molecular complexity index is 871. The number of halogens is 3. The number of aromatic nitrogens is 1. The first-order valence-electron chi connectivity index (χ1n) is 7.70. The molecule has 0 radical (unpaired) electrons. The number of rotatable bonds is 7. The van der Waals surface area contributed by atoms with Crippen LogP contribution in [0.3, 0.4) is 0 Å². The molecular formula is C19H15F3N2O3. The van der Waals surface area contributed by atoms with Gasteiger partial charge in [0.1, 0.15) is 6.61 Å². The summed E-state index contributed by atoms with van der Waals surface area (Å²) in [7, 11) is 1.39. The van der Waals surface area contributed by atoms with Gasteiger partial charge in [-0.2, -0.15) is 18.4 Å². The molecular weight excluding hydrogens is 361 g/mol. The van der Waals surface area contributed by atoms with Gasteiger partial charge < -0.3 is 9.47 Å². The lowest BCUT2D eigenvalue weighted by Crippen LogP contribution is -2.14. The molecule has 1 aromatic heterocycles. The molecule has 0 saturated heterocycles. The fraction of sp³-hybridized carbons (Fsp3) is 0.211. The Hall–Kier alpha value is -3.34. The largest absolute Gasteiger partial charge is 0.493 e. The number of benzene rings is 1. The Morgan fingerprint density at radius 3 is 2.59 bits per heavy atom. The summed E-state index contributed by atoms with van der Waals surface area (Å²) < 4.78 is 48.5. The molecule has 1 atom stereocenters. The van der Waals surface area contributed by atoms with Crippen molar-refractivity contribution in [2.24, 2.45) is 0 Å². The zero-order valence-corrected chi connectivity index (χ0v) is 14.3. The van der Waals surface area contributed by atoms with Gasteiger partial charge in [-0.25, -0.2) is 0 Å². The number of carbonyl (C=O) groups is 1. The summed E-state index contributed by atoms with van der Waals surface area (Å²) in [5, 5.41) is 9.34. The molecule has 27 heavy (non-hydrogen) atoms. The van der Waals surface area contributed by atoms with Crippen molar-refractivity contribution in [1.82, 2.24) is 4.98 Å². The van der Waals surface area contributed by atoms with Crippen LogP contribution >= 0.6 is 0 Å². The molecule has 0 saturated carbocycles. The van der Waals surface area contributed by atoms with E-state index in [1.165, 1.54) is 25.3 Å². The number of ketones is 1. The second-order valence-electron chi connectivity index (χ2n) is 5.36. The second kappa shape index (κ2) is 8.36. The van der Waals surface area contributed by atoms with Gasteiger partial charge >= 0.3 is 6.18 Å². The predicted molar refractivity (Wildman–Crippen MR) is 90.6 cm³/mol. The van der Waals surface area contributed by atoms with Crippen molar-refractivity contribution in [3.05, 3.63) is 66.0 Å². The van der Waals surface area contributed by atoms with Gasteiger partial charge in [0.25, 0.3) is 0 Å². The van der Waals surface area contributed by atoms with Crippen molar-refractivity contribution in [1.29, 1.82) is 5.26 Å². The van der Waals surface area contributed by atoms with Gasteiger partial charge in [-0.15, -0.1) is 0 Å². The molecule has 2 aromatic rings. The van der Waals surface area contributed by atoms with Crippen LogP contribution in [0.4, 0.5) is 13.2 Å². The molecule has 1 unspecified atom stereocenters. The minimum atomic E-state index is -4.55. The van der Waals surface area contributed by atoms with E-state index in [1.807, 2.05) is 0 Å². The number of nitrogens with zero attached hydrogens (tertiary/aromatic N) is 2. The van der Waals surface area contributed by atoms with E-state index in [1.54, 1.807) is 12.1 Å². The Balaban J connectivity index is 2.31. The van der Waals surface area contributed by atoms with Crippen molar-refractivity contribution in [3.8, 4) is 17.6 Å². The average molecular weight is 376 g/mol.